The predicted molar refractivity (Wildman–Crippen MR) is 306 cm³/mol. The zero-order valence-electron chi connectivity index (χ0n) is 49.3. The van der Waals surface area contributed by atoms with Gasteiger partial charge in [-0.05, 0) is 75.6 Å². The fourth-order valence-corrected chi connectivity index (χ4v) is 14.0. The molecule has 2 aromatic rings. The van der Waals surface area contributed by atoms with Crippen molar-refractivity contribution >= 4 is 82.2 Å². The summed E-state index contributed by atoms with van der Waals surface area (Å²) in [6.07, 6.45) is 1.00. The molecule has 0 aliphatic carbocycles. The van der Waals surface area contributed by atoms with E-state index in [2.05, 4.69) is 31.6 Å². The number of nitrogens with two attached hydrogens (primary N) is 1. The van der Waals surface area contributed by atoms with E-state index in [4.69, 9.17) is 54.0 Å². The van der Waals surface area contributed by atoms with Gasteiger partial charge >= 0.3 is 52.9 Å². The standard InChI is InChI=1S/C21H35N2O16P3.C14H21NO6.C11H19N2O13P3/c1-15(24)5-4-10-35-9-3-2-6-19(26)22-13-16-7-8-23(20(27)11-16)21-12-17(25)18(37-21)14-36-41(31,32)39-42(33,34)38-40(28,29)30;1-11(16)5-4-10-20-9-3-2-6-14(19)21-15-12(17)7-8-13(15)18;12-5-7-1-2-13(10(15)3-7)11-4-8(14)9(24-11)6-23-28(19,20)26-29(21,22)25-27(16,17)18/h7-8,11,17-18,21,25H,2-6,9-10,12-14H2,1H3,(H,22,26)(H,31,32)(H,33,34)(H2,28,29,30);2-10H2,1H3;1-3,8-9,11,14H,4-6,12H2,(H,19,20)(H,21,22)(H2,16,17,18)/t17-,18+,21+;;8-,9+,11+/m0.0/s1. The van der Waals surface area contributed by atoms with Crippen molar-refractivity contribution < 1.29 is 156 Å². The molecule has 2 aromatic heterocycles. The average Bonchev–Trinajstić information content (AvgIpc) is 1.67. The van der Waals surface area contributed by atoms with E-state index >= 15 is 0 Å². The van der Waals surface area contributed by atoms with E-state index in [0.717, 1.165) is 9.13 Å². The number of aliphatic hydroxyl groups is 2. The maximum Gasteiger partial charge on any atom is 0.490 e. The summed E-state index contributed by atoms with van der Waals surface area (Å²) < 4.78 is 115. The number of amides is 3. The third-order valence-electron chi connectivity index (χ3n) is 12.1. The van der Waals surface area contributed by atoms with Crippen LogP contribution < -0.4 is 22.2 Å². The van der Waals surface area contributed by atoms with Gasteiger partial charge in [0.2, 0.25) is 5.91 Å². The molecule has 0 saturated carbocycles. The Bertz CT molecular complexity index is 3210. The lowest BCUT2D eigenvalue weighted by molar-refractivity contribution is -0.197. The number of unbranched alkanes of at least 4 members (excludes halogenated alkanes) is 2. The second-order valence-corrected chi connectivity index (χ2v) is 28.8. The highest BCUT2D eigenvalue weighted by Crippen LogP contribution is 2.67. The Morgan fingerprint density at radius 3 is 1.37 bits per heavy atom. The summed E-state index contributed by atoms with van der Waals surface area (Å²) in [7, 11) is -33.2. The second kappa shape index (κ2) is 38.6. The number of imide groups is 1. The molecule has 0 spiro atoms. The lowest BCUT2D eigenvalue weighted by Gasteiger charge is -2.19. The van der Waals surface area contributed by atoms with Gasteiger partial charge in [-0.2, -0.15) is 17.2 Å². The quantitative estimate of drug-likeness (QED) is 0.0257. The van der Waals surface area contributed by atoms with Crippen LogP contribution in [0, 0.1) is 0 Å². The highest BCUT2D eigenvalue weighted by molar-refractivity contribution is 7.67. The number of ether oxygens (including phenoxy) is 4. The van der Waals surface area contributed by atoms with E-state index in [1.807, 2.05) is 0 Å². The number of aromatic nitrogens is 2. The fraction of sp³-hybridized carbons (Fsp3) is 0.652. The van der Waals surface area contributed by atoms with Crippen molar-refractivity contribution in [3.8, 4) is 0 Å². The summed E-state index contributed by atoms with van der Waals surface area (Å²) in [6, 6.07) is 5.64. The Kier molecular flexibility index (Phi) is 34.4. The van der Waals surface area contributed by atoms with E-state index in [0.29, 0.717) is 94.0 Å². The molecule has 3 amide bonds. The summed E-state index contributed by atoms with van der Waals surface area (Å²) in [5.41, 5.74) is 5.52. The number of phosphoric ester groups is 2. The number of phosphoric acid groups is 6. The Balaban J connectivity index is 0.000000384. The van der Waals surface area contributed by atoms with Gasteiger partial charge in [-0.1, -0.05) is 0 Å². The molecule has 5 heterocycles. The number of nitrogens with one attached hydrogen (secondary N) is 1. The first-order valence-electron chi connectivity index (χ1n) is 27.5. The molecule has 524 valence electrons. The Morgan fingerprint density at radius 2 is 0.967 bits per heavy atom. The molecule has 13 N–H and O–H groups in total. The van der Waals surface area contributed by atoms with Gasteiger partial charge in [-0.25, -0.2) is 32.2 Å². The zero-order chi connectivity index (χ0) is 69.3. The number of pyridine rings is 2. The van der Waals surface area contributed by atoms with E-state index in [9.17, 15) is 90.6 Å². The first kappa shape index (κ1) is 82.1. The Morgan fingerprint density at radius 1 is 0.565 bits per heavy atom. The smallest absolute Gasteiger partial charge is 0.390 e. The molecule has 3 aliphatic rings. The highest BCUT2D eigenvalue weighted by atomic mass is 31.3. The maximum absolute atomic E-state index is 12.6. The second-order valence-electron chi connectivity index (χ2n) is 20.0. The number of carbonyl (C=O) groups is 6. The van der Waals surface area contributed by atoms with Crippen LogP contribution in [0.5, 0.6) is 0 Å². The van der Waals surface area contributed by atoms with Gasteiger partial charge in [-0.3, -0.25) is 42.2 Å². The molecule has 3 aliphatic heterocycles. The molecule has 46 heteroatoms. The number of hydrogen-bond acceptors (Lipinski definition) is 28. The van der Waals surface area contributed by atoms with Gasteiger partial charge in [0.1, 0.15) is 36.2 Å². The van der Waals surface area contributed by atoms with Crippen molar-refractivity contribution in [2.75, 3.05) is 39.6 Å². The number of nitrogens with zero attached hydrogens (tertiary/aromatic N) is 3. The molecular weight excluding hydrogens is 1370 g/mol. The molecule has 0 bridgehead atoms. The molecule has 92 heavy (non-hydrogen) atoms. The van der Waals surface area contributed by atoms with Crippen molar-refractivity contribution in [3.05, 3.63) is 68.5 Å². The molecule has 3 fully saturated rings. The number of aliphatic hydroxyl groups excluding tert-OH is 2. The number of hydrogen-bond donors (Lipinski definition) is 12. The van der Waals surface area contributed by atoms with Crippen molar-refractivity contribution in [1.29, 1.82) is 0 Å². The lowest BCUT2D eigenvalue weighted by Crippen LogP contribution is -2.31. The van der Waals surface area contributed by atoms with Gasteiger partial charge in [0, 0.05) is 115 Å². The third-order valence-corrected chi connectivity index (χ3v) is 19.7. The van der Waals surface area contributed by atoms with Crippen LogP contribution in [-0.2, 0) is 119 Å². The van der Waals surface area contributed by atoms with E-state index < -0.39 is 126 Å². The molecule has 40 nitrogen and oxygen atoms in total. The van der Waals surface area contributed by atoms with Crippen LogP contribution >= 0.6 is 46.9 Å². The number of hydroxylamine groups is 2. The maximum atomic E-state index is 12.6. The van der Waals surface area contributed by atoms with Gasteiger partial charge < -0.3 is 93.8 Å². The molecule has 10 atom stereocenters. The summed E-state index contributed by atoms with van der Waals surface area (Å²) in [6.45, 7) is 3.62. The predicted octanol–water partition coefficient (Wildman–Crippen LogP) is 1.46. The molecule has 0 radical (unpaired) electrons. The van der Waals surface area contributed by atoms with Crippen molar-refractivity contribution in [1.82, 2.24) is 19.5 Å². The average molecular weight is 1440 g/mol. The topological polar surface area (TPSA) is 594 Å². The van der Waals surface area contributed by atoms with Gasteiger partial charge in [-0.15, -0.1) is 5.06 Å². The molecule has 0 aromatic carbocycles. The van der Waals surface area contributed by atoms with Gasteiger partial charge in [0.25, 0.3) is 22.9 Å². The molecule has 3 saturated heterocycles. The minimum atomic E-state index is -5.70. The van der Waals surface area contributed by atoms with Crippen LogP contribution in [0.2, 0.25) is 0 Å². The van der Waals surface area contributed by atoms with Crippen LogP contribution in [0.1, 0.15) is 127 Å². The minimum Gasteiger partial charge on any atom is -0.390 e. The summed E-state index contributed by atoms with van der Waals surface area (Å²) in [5, 5.41) is 23.5. The Labute approximate surface area is 523 Å². The van der Waals surface area contributed by atoms with Crippen LogP contribution in [0.15, 0.2) is 46.2 Å². The van der Waals surface area contributed by atoms with Gasteiger partial charge in [0.15, 0.2) is 0 Å². The lowest BCUT2D eigenvalue weighted by atomic mass is 10.2. The first-order chi connectivity index (χ1) is 42.7. The van der Waals surface area contributed by atoms with Crippen molar-refractivity contribution in [2.24, 2.45) is 5.73 Å². The first-order valence-corrected chi connectivity index (χ1v) is 36.6. The van der Waals surface area contributed by atoms with Crippen LogP contribution in [0.3, 0.4) is 0 Å². The molecular formula is C46H75N5O35P6. The van der Waals surface area contributed by atoms with E-state index in [1.165, 1.54) is 31.5 Å². The molecule has 4 unspecified atom stereocenters. The fourth-order valence-electron chi connectivity index (χ4n) is 7.90. The number of carbonyl (C=O) groups excluding carboxylic acids is 6. The van der Waals surface area contributed by atoms with Crippen molar-refractivity contribution in [3.63, 3.8) is 0 Å². The summed E-state index contributed by atoms with van der Waals surface area (Å²) >= 11 is 0. The van der Waals surface area contributed by atoms with Crippen LogP contribution in [0.25, 0.3) is 0 Å². The monoisotopic (exact) mass is 1440 g/mol. The third kappa shape index (κ3) is 33.5. The normalized spacial score (nSPS) is 21.8. The van der Waals surface area contributed by atoms with Crippen LogP contribution in [-0.4, -0.2) is 163 Å². The van der Waals surface area contributed by atoms with Gasteiger partial charge in [0.05, 0.1) is 25.4 Å². The SMILES string of the molecule is CC(=O)CCCOCCCCC(=O)NCc1ccn([C@H]2C[C@H](O)[C@@H](COP(=O)(O)OP(=O)(O)OP(=O)(O)O)O2)c(=O)c1.CC(=O)CCCOCCCCC(=O)ON1C(=O)CCC1=O.NCc1ccn([C@H]2C[C@H](O)[C@@H](COP(=O)(O)OP(=O)(O)OP(=O)(O)O)O2)c(=O)c1. The minimum absolute atomic E-state index is 0.0771. The summed E-state index contributed by atoms with van der Waals surface area (Å²) in [5.74, 6) is -1.48. The highest BCUT2D eigenvalue weighted by Gasteiger charge is 2.45. The molecule has 5 rings (SSSR count). The Hall–Kier alpha value is -4.14. The van der Waals surface area contributed by atoms with E-state index in [-0.39, 0.29) is 69.1 Å². The van der Waals surface area contributed by atoms with E-state index in [1.54, 1.807) is 19.1 Å². The number of rotatable bonds is 38. The number of ketones is 2. The van der Waals surface area contributed by atoms with Crippen molar-refractivity contribution in [2.45, 2.75) is 154 Å². The zero-order valence-corrected chi connectivity index (χ0v) is 54.6. The summed E-state index contributed by atoms with van der Waals surface area (Å²) in [4.78, 5) is 168. The largest absolute Gasteiger partial charge is 0.490 e. The number of Topliss-reactive ketones (excluding diaryl/α,β-unsaturated/α-hetero) is 2. The van der Waals surface area contributed by atoms with Crippen LogP contribution in [0.4, 0.5) is 0 Å².